The van der Waals surface area contributed by atoms with E-state index in [1.165, 1.54) is 11.1 Å². The molecule has 0 unspecified atom stereocenters. The molecule has 0 bridgehead atoms. The van der Waals surface area contributed by atoms with Crippen molar-refractivity contribution in [1.29, 1.82) is 0 Å². The highest BCUT2D eigenvalue weighted by molar-refractivity contribution is 6.12. The van der Waals surface area contributed by atoms with E-state index in [1.807, 2.05) is 24.3 Å². The summed E-state index contributed by atoms with van der Waals surface area (Å²) in [4.78, 5) is 0. The van der Waals surface area contributed by atoms with E-state index >= 15 is 0 Å². The third-order valence-electron chi connectivity index (χ3n) is 7.29. The first-order valence-corrected chi connectivity index (χ1v) is 13.1. The van der Waals surface area contributed by atoms with Crippen LogP contribution in [0.2, 0.25) is 0 Å². The smallest absolute Gasteiger partial charge is 0.134 e. The summed E-state index contributed by atoms with van der Waals surface area (Å²) in [6.07, 6.45) is 1.01. The fourth-order valence-corrected chi connectivity index (χ4v) is 5.46. The van der Waals surface area contributed by atoms with E-state index in [2.05, 4.69) is 74.5 Å². The Bertz CT molecular complexity index is 1800. The molecule has 0 spiro atoms. The van der Waals surface area contributed by atoms with Crippen molar-refractivity contribution in [2.75, 3.05) is 28.4 Å². The van der Waals surface area contributed by atoms with Crippen molar-refractivity contribution in [1.82, 2.24) is 0 Å². The first kappa shape index (κ1) is 26.2. The highest BCUT2D eigenvalue weighted by Crippen LogP contribution is 2.43. The summed E-state index contributed by atoms with van der Waals surface area (Å²) in [6, 6.07) is 29.2. The predicted octanol–water partition coefficient (Wildman–Crippen LogP) is 8.89. The molecule has 0 aliphatic rings. The molecule has 0 radical (unpaired) electrons. The van der Waals surface area contributed by atoms with E-state index in [1.54, 1.807) is 28.4 Å². The number of hydrogen-bond acceptors (Lipinski definition) is 4. The zero-order chi connectivity index (χ0) is 27.5. The van der Waals surface area contributed by atoms with Crippen LogP contribution in [0.3, 0.4) is 0 Å². The van der Waals surface area contributed by atoms with E-state index in [9.17, 15) is 0 Å². The largest absolute Gasteiger partial charge is 0.495 e. The Kier molecular flexibility index (Phi) is 7.47. The monoisotopic (exact) mass is 518 g/mol. The van der Waals surface area contributed by atoms with Crippen molar-refractivity contribution in [2.45, 2.75) is 20.3 Å². The summed E-state index contributed by atoms with van der Waals surface area (Å²) in [5.74, 6) is 3.66. The van der Waals surface area contributed by atoms with E-state index in [-0.39, 0.29) is 0 Å². The minimum absolute atomic E-state index is 0.909. The average molecular weight is 519 g/mol. The first-order valence-electron chi connectivity index (χ1n) is 13.1. The highest BCUT2D eigenvalue weighted by Gasteiger charge is 2.16. The standard InChI is InChI=1S/C18H18O2.C17H16O2/c1-4-12-9-10-15-16(11-12)18(20-3)14-8-6-5-7-13(14)17(15)19-2;1-11-8-9-14-15(10-11)17(19-3)13-7-5-4-6-12(13)16(14)18-2/h5-11H,4H2,1-3H3;4-10H,1-3H3. The van der Waals surface area contributed by atoms with Crippen LogP contribution in [0.15, 0.2) is 84.9 Å². The van der Waals surface area contributed by atoms with E-state index in [4.69, 9.17) is 18.9 Å². The zero-order valence-electron chi connectivity index (χ0n) is 23.4. The molecule has 4 nitrogen and oxygen atoms in total. The number of hydrogen-bond donors (Lipinski definition) is 0. The minimum atomic E-state index is 0.909. The van der Waals surface area contributed by atoms with Crippen LogP contribution >= 0.6 is 0 Å². The Labute approximate surface area is 229 Å². The van der Waals surface area contributed by atoms with Crippen LogP contribution in [0.1, 0.15) is 18.1 Å². The number of benzene rings is 6. The molecule has 6 rings (SSSR count). The molecular formula is C35H34O4. The van der Waals surface area contributed by atoms with Crippen LogP contribution in [0.4, 0.5) is 0 Å². The molecule has 0 heterocycles. The van der Waals surface area contributed by atoms with E-state index in [0.29, 0.717) is 0 Å². The Morgan fingerprint density at radius 3 is 1.21 bits per heavy atom. The molecular weight excluding hydrogens is 484 g/mol. The molecule has 0 aromatic heterocycles. The van der Waals surface area contributed by atoms with Crippen molar-refractivity contribution >= 4 is 43.1 Å². The molecule has 0 atom stereocenters. The molecule has 0 fully saturated rings. The number of aryl methyl sites for hydroxylation is 2. The lowest BCUT2D eigenvalue weighted by atomic mass is 9.98. The van der Waals surface area contributed by atoms with Crippen LogP contribution < -0.4 is 18.9 Å². The van der Waals surface area contributed by atoms with Crippen molar-refractivity contribution in [3.05, 3.63) is 96.1 Å². The SMILES string of the molecule is CCc1ccc2c(OC)c3ccccc3c(OC)c2c1.COc1c2ccccc2c(OC)c2cc(C)ccc12. The Morgan fingerprint density at radius 2 is 0.795 bits per heavy atom. The molecule has 39 heavy (non-hydrogen) atoms. The molecule has 4 heteroatoms. The second kappa shape index (κ2) is 11.1. The van der Waals surface area contributed by atoms with Gasteiger partial charge < -0.3 is 18.9 Å². The number of rotatable bonds is 5. The van der Waals surface area contributed by atoms with Crippen LogP contribution in [0.5, 0.6) is 23.0 Å². The van der Waals surface area contributed by atoms with Gasteiger partial charge in [-0.3, -0.25) is 0 Å². The normalized spacial score (nSPS) is 10.9. The molecule has 0 aliphatic heterocycles. The van der Waals surface area contributed by atoms with Gasteiger partial charge in [0.25, 0.3) is 0 Å². The van der Waals surface area contributed by atoms with Gasteiger partial charge in [0.05, 0.1) is 28.4 Å². The van der Waals surface area contributed by atoms with Gasteiger partial charge >= 0.3 is 0 Å². The van der Waals surface area contributed by atoms with Gasteiger partial charge in [0.2, 0.25) is 0 Å². The van der Waals surface area contributed by atoms with Crippen LogP contribution in [-0.4, -0.2) is 28.4 Å². The minimum Gasteiger partial charge on any atom is -0.495 e. The fraction of sp³-hybridized carbons (Fsp3) is 0.200. The summed E-state index contributed by atoms with van der Waals surface area (Å²) < 4.78 is 22.6. The number of fused-ring (bicyclic) bond motifs is 4. The Hall–Kier alpha value is -4.44. The predicted molar refractivity (Wildman–Crippen MR) is 163 cm³/mol. The van der Waals surface area contributed by atoms with Gasteiger partial charge in [0.1, 0.15) is 23.0 Å². The summed E-state index contributed by atoms with van der Waals surface area (Å²) in [5, 5.41) is 8.73. The molecule has 0 saturated heterocycles. The average Bonchev–Trinajstić information content (AvgIpc) is 2.98. The highest BCUT2D eigenvalue weighted by atomic mass is 16.5. The molecule has 6 aromatic rings. The third kappa shape index (κ3) is 4.57. The molecule has 6 aromatic carbocycles. The molecule has 198 valence electrons. The van der Waals surface area contributed by atoms with Crippen molar-refractivity contribution in [3.8, 4) is 23.0 Å². The second-order valence-corrected chi connectivity index (χ2v) is 9.51. The van der Waals surface area contributed by atoms with Crippen LogP contribution in [0, 0.1) is 6.92 Å². The maximum Gasteiger partial charge on any atom is 0.134 e. The van der Waals surface area contributed by atoms with Crippen molar-refractivity contribution < 1.29 is 18.9 Å². The lowest BCUT2D eigenvalue weighted by molar-refractivity contribution is 0.417. The summed E-state index contributed by atoms with van der Waals surface area (Å²) in [6.45, 7) is 4.24. The third-order valence-corrected chi connectivity index (χ3v) is 7.29. The van der Waals surface area contributed by atoms with Gasteiger partial charge in [-0.2, -0.15) is 0 Å². The number of methoxy groups -OCH3 is 4. The van der Waals surface area contributed by atoms with Gasteiger partial charge in [-0.15, -0.1) is 0 Å². The van der Waals surface area contributed by atoms with Crippen LogP contribution in [-0.2, 0) is 6.42 Å². The summed E-state index contributed by atoms with van der Waals surface area (Å²) in [5.41, 5.74) is 2.51. The van der Waals surface area contributed by atoms with Gasteiger partial charge in [0, 0.05) is 43.1 Å². The fourth-order valence-electron chi connectivity index (χ4n) is 5.46. The van der Waals surface area contributed by atoms with Gasteiger partial charge in [-0.1, -0.05) is 85.3 Å². The lowest BCUT2D eigenvalue weighted by Gasteiger charge is -2.15. The topological polar surface area (TPSA) is 36.9 Å². The van der Waals surface area contributed by atoms with Gasteiger partial charge in [-0.25, -0.2) is 0 Å². The van der Waals surface area contributed by atoms with E-state index < -0.39 is 0 Å². The lowest BCUT2D eigenvalue weighted by Crippen LogP contribution is -1.93. The quantitative estimate of drug-likeness (QED) is 0.214. The molecule has 0 amide bonds. The Morgan fingerprint density at radius 1 is 0.436 bits per heavy atom. The maximum atomic E-state index is 5.68. The van der Waals surface area contributed by atoms with Crippen molar-refractivity contribution in [3.63, 3.8) is 0 Å². The number of ether oxygens (including phenoxy) is 4. The molecule has 0 N–H and O–H groups in total. The Balaban J connectivity index is 0.000000158. The van der Waals surface area contributed by atoms with E-state index in [0.717, 1.165) is 72.5 Å². The zero-order valence-corrected chi connectivity index (χ0v) is 23.4. The second-order valence-electron chi connectivity index (χ2n) is 9.51. The van der Waals surface area contributed by atoms with Gasteiger partial charge in [-0.05, 0) is 31.0 Å². The van der Waals surface area contributed by atoms with Gasteiger partial charge in [0.15, 0.2) is 0 Å². The van der Waals surface area contributed by atoms with Crippen LogP contribution in [0.25, 0.3) is 43.1 Å². The molecule has 0 saturated carbocycles. The molecule has 0 aliphatic carbocycles. The maximum absolute atomic E-state index is 5.68. The first-order chi connectivity index (χ1) is 19.1. The summed E-state index contributed by atoms with van der Waals surface area (Å²) in [7, 11) is 6.89. The van der Waals surface area contributed by atoms with Crippen molar-refractivity contribution in [2.24, 2.45) is 0 Å². The summed E-state index contributed by atoms with van der Waals surface area (Å²) >= 11 is 0.